The predicted molar refractivity (Wildman–Crippen MR) is 78.4 cm³/mol. The minimum absolute atomic E-state index is 0.365. The zero-order valence-corrected chi connectivity index (χ0v) is 11.7. The van der Waals surface area contributed by atoms with Gasteiger partial charge in [-0.25, -0.2) is 14.8 Å². The molecular weight excluding hydrogens is 270 g/mol. The van der Waals surface area contributed by atoms with Crippen LogP contribution in [0.15, 0.2) is 42.7 Å². The Balaban J connectivity index is 2.09. The fourth-order valence-electron chi connectivity index (χ4n) is 1.87. The normalized spacial score (nSPS) is 11.7. The number of ether oxygens (including phenoxy) is 1. The maximum atomic E-state index is 11.4. The number of carboxylic acids is 1. The molecule has 0 aliphatic rings. The number of rotatable bonds is 7. The lowest BCUT2D eigenvalue weighted by atomic mass is 10.1. The van der Waals surface area contributed by atoms with E-state index in [0.29, 0.717) is 24.7 Å². The van der Waals surface area contributed by atoms with Gasteiger partial charge < -0.3 is 15.2 Å². The highest BCUT2D eigenvalue weighted by Crippen LogP contribution is 2.14. The van der Waals surface area contributed by atoms with E-state index in [1.807, 2.05) is 37.3 Å². The molecule has 21 heavy (non-hydrogen) atoms. The van der Waals surface area contributed by atoms with Gasteiger partial charge >= 0.3 is 5.97 Å². The van der Waals surface area contributed by atoms with Crippen LogP contribution in [0, 0.1) is 0 Å². The van der Waals surface area contributed by atoms with E-state index in [1.54, 1.807) is 6.07 Å². The standard InChI is InChI=1S/C15H17N3O3/c1-2-21-14-9-13(16-10-17-14)18-12(15(19)20)8-11-6-4-3-5-7-11/h3-7,9-10,12H,2,8H2,1H3,(H,19,20)(H,16,17,18)/t12-/m1/s1. The van der Waals surface area contributed by atoms with E-state index in [2.05, 4.69) is 15.3 Å². The third kappa shape index (κ3) is 4.45. The van der Waals surface area contributed by atoms with Crippen LogP contribution < -0.4 is 10.1 Å². The molecule has 0 amide bonds. The van der Waals surface area contributed by atoms with Gasteiger partial charge in [-0.3, -0.25) is 0 Å². The molecule has 0 saturated carbocycles. The lowest BCUT2D eigenvalue weighted by Gasteiger charge is -2.15. The van der Waals surface area contributed by atoms with Crippen molar-refractivity contribution in [1.82, 2.24) is 9.97 Å². The Bertz CT molecular complexity index is 590. The Morgan fingerprint density at radius 2 is 2.10 bits per heavy atom. The van der Waals surface area contributed by atoms with Crippen molar-refractivity contribution in [2.24, 2.45) is 0 Å². The Kier molecular flexibility index (Phi) is 5.09. The number of aliphatic carboxylic acids is 1. The largest absolute Gasteiger partial charge is 0.480 e. The summed E-state index contributed by atoms with van der Waals surface area (Å²) in [5, 5.41) is 12.2. The summed E-state index contributed by atoms with van der Waals surface area (Å²) in [6.07, 6.45) is 1.71. The van der Waals surface area contributed by atoms with Crippen LogP contribution in [0.2, 0.25) is 0 Å². The van der Waals surface area contributed by atoms with E-state index < -0.39 is 12.0 Å². The second-order valence-electron chi connectivity index (χ2n) is 4.40. The molecule has 6 nitrogen and oxygen atoms in total. The smallest absolute Gasteiger partial charge is 0.326 e. The van der Waals surface area contributed by atoms with Gasteiger partial charge in [-0.2, -0.15) is 0 Å². The van der Waals surface area contributed by atoms with Crippen LogP contribution in [-0.4, -0.2) is 33.7 Å². The van der Waals surface area contributed by atoms with Crippen LogP contribution in [-0.2, 0) is 11.2 Å². The molecule has 0 fully saturated rings. The number of benzene rings is 1. The number of nitrogens with zero attached hydrogens (tertiary/aromatic N) is 2. The molecule has 0 aliphatic heterocycles. The Morgan fingerprint density at radius 1 is 1.33 bits per heavy atom. The summed E-state index contributed by atoms with van der Waals surface area (Å²) in [6.45, 7) is 2.34. The molecule has 0 aliphatic carbocycles. The van der Waals surface area contributed by atoms with Gasteiger partial charge in [0.1, 0.15) is 18.2 Å². The molecular formula is C15H17N3O3. The van der Waals surface area contributed by atoms with Crippen LogP contribution in [0.5, 0.6) is 5.88 Å². The molecule has 1 aromatic carbocycles. The first kappa shape index (κ1) is 14.8. The van der Waals surface area contributed by atoms with Crippen LogP contribution in [0.1, 0.15) is 12.5 Å². The molecule has 1 heterocycles. The second kappa shape index (κ2) is 7.23. The molecule has 6 heteroatoms. The van der Waals surface area contributed by atoms with E-state index in [0.717, 1.165) is 5.56 Å². The second-order valence-corrected chi connectivity index (χ2v) is 4.40. The van der Waals surface area contributed by atoms with Crippen LogP contribution >= 0.6 is 0 Å². The summed E-state index contributed by atoms with van der Waals surface area (Å²) in [4.78, 5) is 19.3. The van der Waals surface area contributed by atoms with Crippen molar-refractivity contribution in [1.29, 1.82) is 0 Å². The molecule has 2 rings (SSSR count). The summed E-state index contributed by atoms with van der Waals surface area (Å²) in [7, 11) is 0. The van der Waals surface area contributed by atoms with Crippen LogP contribution in [0.4, 0.5) is 5.82 Å². The first-order chi connectivity index (χ1) is 10.2. The van der Waals surface area contributed by atoms with Crippen molar-refractivity contribution >= 4 is 11.8 Å². The van der Waals surface area contributed by atoms with Gasteiger partial charge in [0.05, 0.1) is 6.61 Å². The number of hydrogen-bond acceptors (Lipinski definition) is 5. The maximum absolute atomic E-state index is 11.4. The molecule has 1 atom stereocenters. The highest BCUT2D eigenvalue weighted by Gasteiger charge is 2.18. The molecule has 0 spiro atoms. The minimum atomic E-state index is -0.935. The fraction of sp³-hybridized carbons (Fsp3) is 0.267. The number of carbonyl (C=O) groups is 1. The quantitative estimate of drug-likeness (QED) is 0.810. The fourth-order valence-corrected chi connectivity index (χ4v) is 1.87. The lowest BCUT2D eigenvalue weighted by molar-refractivity contribution is -0.137. The third-order valence-corrected chi connectivity index (χ3v) is 2.84. The van der Waals surface area contributed by atoms with Crippen molar-refractivity contribution in [3.05, 3.63) is 48.3 Å². The SMILES string of the molecule is CCOc1cc(N[C@H](Cc2ccccc2)C(=O)O)ncn1. The molecule has 0 saturated heterocycles. The van der Waals surface area contributed by atoms with Crippen molar-refractivity contribution in [3.8, 4) is 5.88 Å². The van der Waals surface area contributed by atoms with Gasteiger partial charge in [-0.15, -0.1) is 0 Å². The topological polar surface area (TPSA) is 84.3 Å². The van der Waals surface area contributed by atoms with Gasteiger partial charge in [0.15, 0.2) is 0 Å². The van der Waals surface area contributed by atoms with E-state index in [-0.39, 0.29) is 0 Å². The molecule has 0 unspecified atom stereocenters. The van der Waals surface area contributed by atoms with E-state index in [4.69, 9.17) is 4.74 Å². The summed E-state index contributed by atoms with van der Waals surface area (Å²) >= 11 is 0. The summed E-state index contributed by atoms with van der Waals surface area (Å²) in [5.41, 5.74) is 0.941. The first-order valence-electron chi connectivity index (χ1n) is 6.67. The van der Waals surface area contributed by atoms with Gasteiger partial charge in [0.25, 0.3) is 0 Å². The van der Waals surface area contributed by atoms with Crippen molar-refractivity contribution in [2.45, 2.75) is 19.4 Å². The Morgan fingerprint density at radius 3 is 2.76 bits per heavy atom. The van der Waals surface area contributed by atoms with Gasteiger partial charge in [-0.1, -0.05) is 30.3 Å². The third-order valence-electron chi connectivity index (χ3n) is 2.84. The van der Waals surface area contributed by atoms with Crippen molar-refractivity contribution in [2.75, 3.05) is 11.9 Å². The maximum Gasteiger partial charge on any atom is 0.326 e. The zero-order chi connectivity index (χ0) is 15.1. The number of carboxylic acid groups (broad SMARTS) is 1. The first-order valence-corrected chi connectivity index (χ1v) is 6.67. The Labute approximate surface area is 122 Å². The lowest BCUT2D eigenvalue weighted by Crippen LogP contribution is -2.31. The van der Waals surface area contributed by atoms with Crippen LogP contribution in [0.25, 0.3) is 0 Å². The Hall–Kier alpha value is -2.63. The van der Waals surface area contributed by atoms with Gasteiger partial charge in [0.2, 0.25) is 5.88 Å². The average molecular weight is 287 g/mol. The molecule has 2 N–H and O–H groups in total. The predicted octanol–water partition coefficient (Wildman–Crippen LogP) is 1.98. The van der Waals surface area contributed by atoms with E-state index in [9.17, 15) is 9.90 Å². The number of anilines is 1. The van der Waals surface area contributed by atoms with Crippen molar-refractivity contribution < 1.29 is 14.6 Å². The number of hydrogen-bond donors (Lipinski definition) is 2. The molecule has 0 bridgehead atoms. The number of aromatic nitrogens is 2. The van der Waals surface area contributed by atoms with Crippen LogP contribution in [0.3, 0.4) is 0 Å². The summed E-state index contributed by atoms with van der Waals surface area (Å²) in [6, 6.07) is 10.3. The molecule has 0 radical (unpaired) electrons. The number of nitrogens with one attached hydrogen (secondary N) is 1. The van der Waals surface area contributed by atoms with E-state index >= 15 is 0 Å². The summed E-state index contributed by atoms with van der Waals surface area (Å²) < 4.78 is 5.27. The van der Waals surface area contributed by atoms with Gasteiger partial charge in [0, 0.05) is 12.5 Å². The van der Waals surface area contributed by atoms with Crippen molar-refractivity contribution in [3.63, 3.8) is 0 Å². The molecule has 110 valence electrons. The molecule has 2 aromatic rings. The highest BCUT2D eigenvalue weighted by molar-refractivity contribution is 5.77. The monoisotopic (exact) mass is 287 g/mol. The summed E-state index contributed by atoms with van der Waals surface area (Å²) in [5.74, 6) is -0.0916. The minimum Gasteiger partial charge on any atom is -0.480 e. The zero-order valence-electron chi connectivity index (χ0n) is 11.7. The average Bonchev–Trinajstić information content (AvgIpc) is 2.48. The van der Waals surface area contributed by atoms with E-state index in [1.165, 1.54) is 6.33 Å². The highest BCUT2D eigenvalue weighted by atomic mass is 16.5. The molecule has 1 aromatic heterocycles. The van der Waals surface area contributed by atoms with Gasteiger partial charge in [-0.05, 0) is 12.5 Å².